The Balaban J connectivity index is 1.34. The molecule has 0 aromatic carbocycles. The number of hydrogen-bond acceptors (Lipinski definition) is 6. The molecule has 5 aliphatic rings. The predicted molar refractivity (Wildman–Crippen MR) is 112 cm³/mol. The van der Waals surface area contributed by atoms with Crippen LogP contribution in [-0.2, 0) is 4.79 Å². The second-order valence-corrected chi connectivity index (χ2v) is 11.4. The lowest BCUT2D eigenvalue weighted by molar-refractivity contribution is -0.134. The van der Waals surface area contributed by atoms with E-state index in [4.69, 9.17) is 0 Å². The van der Waals surface area contributed by atoms with E-state index in [1.54, 1.807) is 11.5 Å². The Morgan fingerprint density at radius 3 is 2.72 bits per heavy atom. The molecule has 4 aliphatic carbocycles. The smallest absolute Gasteiger partial charge is 0.159 e. The van der Waals surface area contributed by atoms with E-state index in [0.29, 0.717) is 30.1 Å². The van der Waals surface area contributed by atoms with Crippen LogP contribution < -0.4 is 11.0 Å². The molecule has 1 aliphatic heterocycles. The molecule has 5 rings (SSSR count). The monoisotopic (exact) mass is 402 g/mol. The molecule has 0 radical (unpaired) electrons. The molecule has 0 aromatic rings. The topological polar surface area (TPSA) is 77.0 Å². The minimum Gasteiger partial charge on any atom is -0.390 e. The van der Waals surface area contributed by atoms with E-state index in [1.807, 2.05) is 6.92 Å². The van der Waals surface area contributed by atoms with Crippen molar-refractivity contribution in [3.8, 4) is 0 Å². The Hall–Kier alpha value is -1.14. The molecule has 0 saturated heterocycles. The summed E-state index contributed by atoms with van der Waals surface area (Å²) in [4.78, 5) is 13.3. The van der Waals surface area contributed by atoms with Gasteiger partial charge in [0.1, 0.15) is 12.9 Å². The van der Waals surface area contributed by atoms with E-state index in [-0.39, 0.29) is 11.3 Å². The number of hydrazine groups is 2. The Morgan fingerprint density at radius 1 is 1.17 bits per heavy atom. The normalized spacial score (nSPS) is 51.2. The molecule has 6 nitrogen and oxygen atoms in total. The van der Waals surface area contributed by atoms with E-state index in [1.165, 1.54) is 32.1 Å². The largest absolute Gasteiger partial charge is 0.390 e. The second kappa shape index (κ2) is 6.94. The van der Waals surface area contributed by atoms with Gasteiger partial charge >= 0.3 is 0 Å². The van der Waals surface area contributed by atoms with Gasteiger partial charge in [0.15, 0.2) is 5.78 Å². The number of carbonyl (C=O) groups excluding carboxylic acids is 1. The van der Waals surface area contributed by atoms with Crippen molar-refractivity contribution in [3.63, 3.8) is 0 Å². The van der Waals surface area contributed by atoms with Crippen LogP contribution in [0.2, 0.25) is 0 Å². The van der Waals surface area contributed by atoms with Crippen LogP contribution in [0.15, 0.2) is 5.10 Å². The maximum absolute atomic E-state index is 13.3. The number of ketones is 1. The van der Waals surface area contributed by atoms with Crippen LogP contribution in [0.5, 0.6) is 0 Å². The summed E-state index contributed by atoms with van der Waals surface area (Å²) in [6, 6.07) is 0. The van der Waals surface area contributed by atoms with Gasteiger partial charge < -0.3 is 5.11 Å². The molecule has 0 unspecified atom stereocenters. The number of rotatable bonds is 3. The average Bonchev–Trinajstić information content (AvgIpc) is 3.26. The fourth-order valence-electron chi connectivity index (χ4n) is 8.69. The third-order valence-corrected chi connectivity index (χ3v) is 9.70. The standard InChI is InChI=1S/C23H38N4O2/c1-14-10-19(20(28)12-27-25-13-24-26-27)23(3)9-7-17-16-6-8-22(2,29)11-15(16)4-5-18(17)21(14)23/h13-19,21,26,29H,4-12H2,1-3H3,(H,24,25)/t14-,15-,16+,17-,18-,19-,21+,22-,23-/m1/s1. The molecular weight excluding hydrogens is 364 g/mol. The van der Waals surface area contributed by atoms with Gasteiger partial charge in [-0.15, -0.1) is 10.6 Å². The Labute approximate surface area is 174 Å². The minimum atomic E-state index is -0.448. The molecule has 9 atom stereocenters. The number of Topliss-reactive ketones (excluding diaryl/α,β-unsaturated/α-hetero) is 1. The van der Waals surface area contributed by atoms with Crippen LogP contribution >= 0.6 is 0 Å². The lowest BCUT2D eigenvalue weighted by Gasteiger charge is -2.57. The summed E-state index contributed by atoms with van der Waals surface area (Å²) in [6.07, 6.45) is 10.8. The first-order valence-corrected chi connectivity index (χ1v) is 11.8. The number of carbonyl (C=O) groups is 1. The first kappa shape index (κ1) is 19.8. The van der Waals surface area contributed by atoms with E-state index < -0.39 is 5.60 Å². The minimum absolute atomic E-state index is 0.140. The molecule has 6 heteroatoms. The quantitative estimate of drug-likeness (QED) is 0.676. The number of nitrogens with zero attached hydrogens (tertiary/aromatic N) is 2. The maximum atomic E-state index is 13.3. The Morgan fingerprint density at radius 2 is 1.97 bits per heavy atom. The van der Waals surface area contributed by atoms with Gasteiger partial charge in [-0.1, -0.05) is 13.8 Å². The highest BCUT2D eigenvalue weighted by molar-refractivity contribution is 5.84. The first-order chi connectivity index (χ1) is 13.8. The van der Waals surface area contributed by atoms with Crippen LogP contribution in [0.1, 0.15) is 72.1 Å². The summed E-state index contributed by atoms with van der Waals surface area (Å²) in [5.74, 6) is 4.90. The highest BCUT2D eigenvalue weighted by Gasteiger charge is 2.61. The lowest BCUT2D eigenvalue weighted by Crippen LogP contribution is -2.52. The average molecular weight is 403 g/mol. The van der Waals surface area contributed by atoms with Gasteiger partial charge in [-0.2, -0.15) is 0 Å². The molecule has 4 saturated carbocycles. The van der Waals surface area contributed by atoms with Crippen molar-refractivity contribution in [2.45, 2.75) is 77.7 Å². The summed E-state index contributed by atoms with van der Waals surface area (Å²) in [5.41, 5.74) is 5.43. The summed E-state index contributed by atoms with van der Waals surface area (Å²) >= 11 is 0. The van der Waals surface area contributed by atoms with Crippen LogP contribution in [0.3, 0.4) is 0 Å². The number of hydrazone groups is 1. The molecule has 4 fully saturated rings. The van der Waals surface area contributed by atoms with Gasteiger partial charge in [0, 0.05) is 5.92 Å². The number of fused-ring (bicyclic) bond motifs is 5. The highest BCUT2D eigenvalue weighted by atomic mass is 16.3. The molecule has 162 valence electrons. The number of aliphatic hydroxyl groups is 1. The van der Waals surface area contributed by atoms with Crippen molar-refractivity contribution in [1.29, 1.82) is 0 Å². The summed E-state index contributed by atoms with van der Waals surface area (Å²) in [7, 11) is 0. The van der Waals surface area contributed by atoms with Crippen molar-refractivity contribution in [3.05, 3.63) is 0 Å². The van der Waals surface area contributed by atoms with Crippen molar-refractivity contribution in [2.24, 2.45) is 51.9 Å². The van der Waals surface area contributed by atoms with Crippen molar-refractivity contribution >= 4 is 12.1 Å². The van der Waals surface area contributed by atoms with Crippen LogP contribution in [-0.4, -0.2) is 34.5 Å². The molecule has 1 heterocycles. The van der Waals surface area contributed by atoms with E-state index in [9.17, 15) is 9.90 Å². The molecule has 0 bridgehead atoms. The fourth-order valence-corrected chi connectivity index (χ4v) is 8.69. The van der Waals surface area contributed by atoms with Crippen LogP contribution in [0.4, 0.5) is 0 Å². The zero-order valence-electron chi connectivity index (χ0n) is 18.2. The Bertz CT molecular complexity index is 694. The lowest BCUT2D eigenvalue weighted by atomic mass is 9.48. The Kier molecular flexibility index (Phi) is 4.74. The maximum Gasteiger partial charge on any atom is 0.159 e. The predicted octanol–water partition coefficient (Wildman–Crippen LogP) is 3.09. The molecular formula is C23H38N4O2. The van der Waals surface area contributed by atoms with Crippen molar-refractivity contribution in [2.75, 3.05) is 6.54 Å². The second-order valence-electron chi connectivity index (χ2n) is 11.4. The van der Waals surface area contributed by atoms with Gasteiger partial charge in [-0.25, -0.2) is 5.12 Å². The van der Waals surface area contributed by atoms with E-state index in [2.05, 4.69) is 29.9 Å². The number of hydrogen-bond donors (Lipinski definition) is 3. The van der Waals surface area contributed by atoms with Crippen LogP contribution in [0.25, 0.3) is 0 Å². The highest BCUT2D eigenvalue weighted by Crippen LogP contribution is 2.66. The SMILES string of the molecule is C[C@@H]1C[C@H](C(=O)CN2N=CNN2)[C@@]2(C)CC[C@H]3[C@@H](CC[C@@H]4C[C@](C)(O)CC[C@@H]43)[C@H]12. The summed E-state index contributed by atoms with van der Waals surface area (Å²) in [5, 5.41) is 16.4. The van der Waals surface area contributed by atoms with Crippen LogP contribution in [0, 0.1) is 46.8 Å². The third kappa shape index (κ3) is 3.21. The molecule has 0 amide bonds. The van der Waals surface area contributed by atoms with Gasteiger partial charge in [0.2, 0.25) is 0 Å². The first-order valence-electron chi connectivity index (χ1n) is 11.8. The molecule has 29 heavy (non-hydrogen) atoms. The zero-order chi connectivity index (χ0) is 20.4. The van der Waals surface area contributed by atoms with Gasteiger partial charge in [0.25, 0.3) is 0 Å². The molecule has 0 spiro atoms. The van der Waals surface area contributed by atoms with Gasteiger partial charge in [-0.3, -0.25) is 10.2 Å². The number of nitrogens with one attached hydrogen (secondary N) is 2. The fraction of sp³-hybridized carbons (Fsp3) is 0.913. The van der Waals surface area contributed by atoms with Crippen molar-refractivity contribution in [1.82, 2.24) is 16.1 Å². The van der Waals surface area contributed by atoms with Gasteiger partial charge in [0.05, 0.1) is 5.60 Å². The molecule has 3 N–H and O–H groups in total. The van der Waals surface area contributed by atoms with E-state index in [0.717, 1.165) is 37.0 Å². The summed E-state index contributed by atoms with van der Waals surface area (Å²) in [6.45, 7) is 7.22. The zero-order valence-corrected chi connectivity index (χ0v) is 18.2. The third-order valence-electron chi connectivity index (χ3n) is 9.70. The van der Waals surface area contributed by atoms with Gasteiger partial charge in [-0.05, 0) is 99.2 Å². The van der Waals surface area contributed by atoms with E-state index >= 15 is 0 Å². The molecule has 0 aromatic heterocycles. The van der Waals surface area contributed by atoms with Crippen molar-refractivity contribution < 1.29 is 9.90 Å². The summed E-state index contributed by atoms with van der Waals surface area (Å²) < 4.78 is 0.